The van der Waals surface area contributed by atoms with Gasteiger partial charge in [-0.1, -0.05) is 31.0 Å². The number of hydrogen-bond donors (Lipinski definition) is 1. The first-order valence-corrected chi connectivity index (χ1v) is 11.3. The van der Waals surface area contributed by atoms with Gasteiger partial charge >= 0.3 is 0 Å². The minimum absolute atomic E-state index is 0.126. The molecule has 0 saturated heterocycles. The first kappa shape index (κ1) is 23.6. The van der Waals surface area contributed by atoms with E-state index in [1.807, 2.05) is 56.3 Å². The van der Waals surface area contributed by atoms with Crippen LogP contribution in [0.15, 0.2) is 42.5 Å². The van der Waals surface area contributed by atoms with Crippen molar-refractivity contribution in [2.75, 3.05) is 13.7 Å². The Morgan fingerprint density at radius 3 is 2.50 bits per heavy atom. The normalized spacial score (nSPS) is 14.6. The molecule has 1 atom stereocenters. The molecule has 0 unspecified atom stereocenters. The van der Waals surface area contributed by atoms with Crippen molar-refractivity contribution < 1.29 is 19.1 Å². The Morgan fingerprint density at radius 1 is 1.06 bits per heavy atom. The van der Waals surface area contributed by atoms with E-state index in [0.717, 1.165) is 36.8 Å². The molecule has 6 nitrogen and oxygen atoms in total. The molecule has 1 aliphatic carbocycles. The molecule has 2 aromatic carbocycles. The molecule has 172 valence electrons. The van der Waals surface area contributed by atoms with Crippen molar-refractivity contribution in [3.8, 4) is 11.5 Å². The van der Waals surface area contributed by atoms with E-state index < -0.39 is 6.04 Å². The molecular weight excluding hydrogens is 404 g/mol. The van der Waals surface area contributed by atoms with Gasteiger partial charge in [-0.3, -0.25) is 9.59 Å². The van der Waals surface area contributed by atoms with Crippen molar-refractivity contribution in [1.82, 2.24) is 10.2 Å². The summed E-state index contributed by atoms with van der Waals surface area (Å²) in [5.41, 5.74) is 3.16. The summed E-state index contributed by atoms with van der Waals surface area (Å²) in [4.78, 5) is 27.7. The number of nitrogens with zero attached hydrogens (tertiary/aromatic N) is 1. The smallest absolute Gasteiger partial charge is 0.261 e. The number of rotatable bonds is 9. The van der Waals surface area contributed by atoms with E-state index >= 15 is 0 Å². The van der Waals surface area contributed by atoms with Crippen LogP contribution < -0.4 is 14.8 Å². The van der Waals surface area contributed by atoms with Crippen LogP contribution in [0.3, 0.4) is 0 Å². The molecule has 0 aromatic heterocycles. The lowest BCUT2D eigenvalue weighted by Gasteiger charge is -2.29. The topological polar surface area (TPSA) is 67.9 Å². The fraction of sp³-hybridized carbons (Fsp3) is 0.462. The molecule has 0 spiro atoms. The minimum atomic E-state index is -0.613. The van der Waals surface area contributed by atoms with Crippen LogP contribution in [0.4, 0.5) is 0 Å². The monoisotopic (exact) mass is 438 g/mol. The van der Waals surface area contributed by atoms with Crippen LogP contribution in [-0.2, 0) is 16.1 Å². The summed E-state index contributed by atoms with van der Waals surface area (Å²) in [6.07, 6.45) is 4.27. The van der Waals surface area contributed by atoms with Crippen LogP contribution in [0.1, 0.15) is 49.3 Å². The van der Waals surface area contributed by atoms with E-state index in [9.17, 15) is 9.59 Å². The number of ether oxygens (including phenoxy) is 2. The van der Waals surface area contributed by atoms with Gasteiger partial charge in [0.15, 0.2) is 6.61 Å². The maximum Gasteiger partial charge on any atom is 0.261 e. The van der Waals surface area contributed by atoms with Crippen LogP contribution in [-0.4, -0.2) is 42.5 Å². The SMILES string of the molecule is COc1cccc(CN(C(=O)COc2ccc(C)c(C)c2)[C@H](C)C(=O)NC2CCCC2)c1. The maximum absolute atomic E-state index is 13.2. The van der Waals surface area contributed by atoms with Crippen LogP contribution >= 0.6 is 0 Å². The second-order valence-corrected chi connectivity index (χ2v) is 8.57. The third-order valence-corrected chi connectivity index (χ3v) is 6.20. The van der Waals surface area contributed by atoms with Gasteiger partial charge in [-0.05, 0) is 74.6 Å². The number of benzene rings is 2. The molecule has 2 aromatic rings. The molecular formula is C26H34N2O4. The van der Waals surface area contributed by atoms with E-state index in [1.165, 1.54) is 5.56 Å². The van der Waals surface area contributed by atoms with Gasteiger partial charge in [0.25, 0.3) is 5.91 Å². The number of carbonyl (C=O) groups is 2. The summed E-state index contributed by atoms with van der Waals surface area (Å²) in [5, 5.41) is 3.11. The first-order valence-electron chi connectivity index (χ1n) is 11.3. The fourth-order valence-corrected chi connectivity index (χ4v) is 3.97. The molecule has 2 amide bonds. The second kappa shape index (κ2) is 11.0. The van der Waals surface area contributed by atoms with Crippen molar-refractivity contribution in [2.45, 2.75) is 65.1 Å². The Balaban J connectivity index is 1.73. The van der Waals surface area contributed by atoms with Gasteiger partial charge in [0.2, 0.25) is 5.91 Å². The van der Waals surface area contributed by atoms with Gasteiger partial charge in [-0.25, -0.2) is 0 Å². The van der Waals surface area contributed by atoms with Crippen molar-refractivity contribution in [1.29, 1.82) is 0 Å². The highest BCUT2D eigenvalue weighted by atomic mass is 16.5. The van der Waals surface area contributed by atoms with E-state index in [4.69, 9.17) is 9.47 Å². The molecule has 0 aliphatic heterocycles. The highest BCUT2D eigenvalue weighted by Crippen LogP contribution is 2.20. The lowest BCUT2D eigenvalue weighted by Crippen LogP contribution is -2.50. The highest BCUT2D eigenvalue weighted by Gasteiger charge is 2.28. The molecule has 1 saturated carbocycles. The summed E-state index contributed by atoms with van der Waals surface area (Å²) in [6.45, 7) is 5.98. The largest absolute Gasteiger partial charge is 0.497 e. The van der Waals surface area contributed by atoms with Gasteiger partial charge in [0.05, 0.1) is 7.11 Å². The summed E-state index contributed by atoms with van der Waals surface area (Å²) < 4.78 is 11.1. The maximum atomic E-state index is 13.2. The van der Waals surface area contributed by atoms with E-state index in [2.05, 4.69) is 5.32 Å². The molecule has 32 heavy (non-hydrogen) atoms. The molecule has 1 fully saturated rings. The van der Waals surface area contributed by atoms with Crippen molar-refractivity contribution >= 4 is 11.8 Å². The van der Waals surface area contributed by atoms with E-state index in [1.54, 1.807) is 18.9 Å². The number of carbonyl (C=O) groups excluding carboxylic acids is 2. The Hall–Kier alpha value is -3.02. The summed E-state index contributed by atoms with van der Waals surface area (Å²) >= 11 is 0. The quantitative estimate of drug-likeness (QED) is 0.638. The number of amides is 2. The van der Waals surface area contributed by atoms with Crippen LogP contribution in [0, 0.1) is 13.8 Å². The number of hydrogen-bond acceptors (Lipinski definition) is 4. The summed E-state index contributed by atoms with van der Waals surface area (Å²) in [7, 11) is 1.61. The Bertz CT molecular complexity index is 937. The molecule has 6 heteroatoms. The van der Waals surface area contributed by atoms with Gasteiger partial charge in [0.1, 0.15) is 17.5 Å². The van der Waals surface area contributed by atoms with Crippen LogP contribution in [0.2, 0.25) is 0 Å². The molecule has 0 bridgehead atoms. The number of methoxy groups -OCH3 is 1. The summed E-state index contributed by atoms with van der Waals surface area (Å²) in [5.74, 6) is 0.995. The van der Waals surface area contributed by atoms with Crippen molar-refractivity contribution in [2.24, 2.45) is 0 Å². The second-order valence-electron chi connectivity index (χ2n) is 8.57. The van der Waals surface area contributed by atoms with Crippen molar-refractivity contribution in [3.63, 3.8) is 0 Å². The van der Waals surface area contributed by atoms with Crippen molar-refractivity contribution in [3.05, 3.63) is 59.2 Å². The highest BCUT2D eigenvalue weighted by molar-refractivity contribution is 5.88. The first-order chi connectivity index (χ1) is 15.4. The predicted molar refractivity (Wildman–Crippen MR) is 125 cm³/mol. The average Bonchev–Trinajstić information content (AvgIpc) is 3.30. The zero-order chi connectivity index (χ0) is 23.1. The molecule has 0 heterocycles. The van der Waals surface area contributed by atoms with Gasteiger partial charge in [0, 0.05) is 12.6 Å². The third-order valence-electron chi connectivity index (χ3n) is 6.20. The lowest BCUT2D eigenvalue weighted by molar-refractivity contribution is -0.142. The van der Waals surface area contributed by atoms with Gasteiger partial charge in [-0.15, -0.1) is 0 Å². The standard InChI is InChI=1S/C26H34N2O4/c1-18-12-13-24(14-19(18)2)32-17-25(29)28(16-21-8-7-11-23(15-21)31-4)20(3)26(30)27-22-9-5-6-10-22/h7-8,11-15,20,22H,5-6,9-10,16-17H2,1-4H3,(H,27,30)/t20-/m1/s1. The molecule has 3 rings (SSSR count). The van der Waals surface area contributed by atoms with Gasteiger partial charge in [-0.2, -0.15) is 0 Å². The number of aryl methyl sites for hydroxylation is 2. The Kier molecular flexibility index (Phi) is 8.14. The average molecular weight is 439 g/mol. The zero-order valence-corrected chi connectivity index (χ0v) is 19.5. The van der Waals surface area contributed by atoms with Crippen LogP contribution in [0.25, 0.3) is 0 Å². The number of nitrogens with one attached hydrogen (secondary N) is 1. The fourth-order valence-electron chi connectivity index (χ4n) is 3.97. The lowest BCUT2D eigenvalue weighted by atomic mass is 10.1. The molecule has 1 N–H and O–H groups in total. The van der Waals surface area contributed by atoms with Crippen LogP contribution in [0.5, 0.6) is 11.5 Å². The Morgan fingerprint density at radius 2 is 1.81 bits per heavy atom. The third kappa shape index (κ3) is 6.25. The molecule has 0 radical (unpaired) electrons. The van der Waals surface area contributed by atoms with E-state index in [0.29, 0.717) is 18.0 Å². The van der Waals surface area contributed by atoms with E-state index in [-0.39, 0.29) is 24.5 Å². The predicted octanol–water partition coefficient (Wildman–Crippen LogP) is 4.17. The minimum Gasteiger partial charge on any atom is -0.497 e. The van der Waals surface area contributed by atoms with Gasteiger partial charge < -0.3 is 19.7 Å². The Labute approximate surface area is 190 Å². The summed E-state index contributed by atoms with van der Waals surface area (Å²) in [6, 6.07) is 12.9. The zero-order valence-electron chi connectivity index (χ0n) is 19.5. The molecule has 1 aliphatic rings.